The lowest BCUT2D eigenvalue weighted by atomic mass is 9.99. The van der Waals surface area contributed by atoms with Crippen molar-refractivity contribution in [2.75, 3.05) is 31.3 Å². The number of hydrogen-bond donors (Lipinski definition) is 3. The predicted octanol–water partition coefficient (Wildman–Crippen LogP) is 3.21. The maximum atomic E-state index is 14.0. The number of benzene rings is 2. The summed E-state index contributed by atoms with van der Waals surface area (Å²) >= 11 is 0. The molecule has 4 rings (SSSR count). The number of halogens is 2. The van der Waals surface area contributed by atoms with Gasteiger partial charge in [0.2, 0.25) is 5.95 Å². The Morgan fingerprint density at radius 2 is 2.09 bits per heavy atom. The molecule has 0 radical (unpaired) electrons. The highest BCUT2D eigenvalue weighted by Gasteiger charge is 2.19. The number of hydrogen-bond acceptors (Lipinski definition) is 7. The van der Waals surface area contributed by atoms with Crippen molar-refractivity contribution in [2.24, 2.45) is 5.73 Å². The van der Waals surface area contributed by atoms with Crippen LogP contribution in [0.4, 0.5) is 26.2 Å². The SMILES string of the molecule is COc1cc2c(cc1Nc1ncc(C(N)=O)c(NCc3cccc(F)c3F)n1)CN(C)CC2. The van der Waals surface area contributed by atoms with Crippen LogP contribution in [0, 0.1) is 11.6 Å². The Kier molecular flexibility index (Phi) is 6.36. The van der Waals surface area contributed by atoms with Crippen molar-refractivity contribution in [2.45, 2.75) is 19.5 Å². The summed E-state index contributed by atoms with van der Waals surface area (Å²) in [5.74, 6) is -1.76. The first-order valence-corrected chi connectivity index (χ1v) is 10.3. The minimum absolute atomic E-state index is 0.0244. The first-order valence-electron chi connectivity index (χ1n) is 10.3. The van der Waals surface area contributed by atoms with Crippen LogP contribution in [0.25, 0.3) is 0 Å². The zero-order valence-electron chi connectivity index (χ0n) is 18.3. The second-order valence-corrected chi connectivity index (χ2v) is 7.82. The van der Waals surface area contributed by atoms with Crippen LogP contribution in [-0.2, 0) is 19.5 Å². The molecule has 1 aliphatic rings. The van der Waals surface area contributed by atoms with Gasteiger partial charge in [-0.1, -0.05) is 12.1 Å². The zero-order chi connectivity index (χ0) is 23.5. The maximum absolute atomic E-state index is 14.0. The number of nitrogens with one attached hydrogen (secondary N) is 2. The minimum Gasteiger partial charge on any atom is -0.495 e. The lowest BCUT2D eigenvalue weighted by Crippen LogP contribution is -2.26. The number of aromatic nitrogens is 2. The molecule has 33 heavy (non-hydrogen) atoms. The molecule has 0 atom stereocenters. The van der Waals surface area contributed by atoms with Gasteiger partial charge < -0.3 is 26.0 Å². The Hall–Kier alpha value is -3.79. The van der Waals surface area contributed by atoms with Gasteiger partial charge in [0, 0.05) is 31.4 Å². The van der Waals surface area contributed by atoms with Crippen LogP contribution in [0.2, 0.25) is 0 Å². The molecular weight excluding hydrogens is 430 g/mol. The fourth-order valence-corrected chi connectivity index (χ4v) is 3.74. The summed E-state index contributed by atoms with van der Waals surface area (Å²) in [6, 6.07) is 7.85. The van der Waals surface area contributed by atoms with Gasteiger partial charge in [0.05, 0.1) is 18.4 Å². The lowest BCUT2D eigenvalue weighted by molar-refractivity contribution is 0.100. The molecular formula is C23H24F2N6O2. The summed E-state index contributed by atoms with van der Waals surface area (Å²) in [6.07, 6.45) is 2.21. The highest BCUT2D eigenvalue weighted by atomic mass is 19.2. The average Bonchev–Trinajstić information content (AvgIpc) is 2.79. The second-order valence-electron chi connectivity index (χ2n) is 7.82. The van der Waals surface area contributed by atoms with Gasteiger partial charge in [0.15, 0.2) is 11.6 Å². The van der Waals surface area contributed by atoms with E-state index in [2.05, 4.69) is 32.5 Å². The quantitative estimate of drug-likeness (QED) is 0.503. The Morgan fingerprint density at radius 1 is 1.27 bits per heavy atom. The predicted molar refractivity (Wildman–Crippen MR) is 121 cm³/mol. The molecule has 1 amide bonds. The molecule has 10 heteroatoms. The number of ether oxygens (including phenoxy) is 1. The van der Waals surface area contributed by atoms with Crippen LogP contribution in [0.3, 0.4) is 0 Å². The van der Waals surface area contributed by atoms with Gasteiger partial charge in [-0.25, -0.2) is 13.8 Å². The lowest BCUT2D eigenvalue weighted by Gasteiger charge is -2.26. The van der Waals surface area contributed by atoms with Crippen molar-refractivity contribution in [3.8, 4) is 5.75 Å². The summed E-state index contributed by atoms with van der Waals surface area (Å²) in [4.78, 5) is 22.6. The molecule has 0 saturated heterocycles. The number of amides is 1. The number of carbonyl (C=O) groups excluding carboxylic acids is 1. The molecule has 0 fully saturated rings. The van der Waals surface area contributed by atoms with Gasteiger partial charge >= 0.3 is 0 Å². The minimum atomic E-state index is -0.971. The van der Waals surface area contributed by atoms with Gasteiger partial charge in [-0.3, -0.25) is 4.79 Å². The van der Waals surface area contributed by atoms with E-state index >= 15 is 0 Å². The standard InChI is InChI=1S/C23H24F2N6O2/c1-31-7-6-13-9-19(33-2)18(8-15(13)12-31)29-23-28-11-16(21(26)32)22(30-23)27-10-14-4-3-5-17(24)20(14)25/h3-5,8-9,11H,6-7,10,12H2,1-2H3,(H2,26,32)(H2,27,28,29,30). The maximum Gasteiger partial charge on any atom is 0.254 e. The summed E-state index contributed by atoms with van der Waals surface area (Å²) in [7, 11) is 3.64. The third-order valence-electron chi connectivity index (χ3n) is 5.50. The van der Waals surface area contributed by atoms with Gasteiger partial charge in [0.25, 0.3) is 5.91 Å². The van der Waals surface area contributed by atoms with Crippen LogP contribution in [0.5, 0.6) is 5.75 Å². The molecule has 4 N–H and O–H groups in total. The number of carbonyl (C=O) groups is 1. The normalized spacial score (nSPS) is 13.3. The molecule has 8 nitrogen and oxygen atoms in total. The smallest absolute Gasteiger partial charge is 0.254 e. The number of nitrogens with zero attached hydrogens (tertiary/aromatic N) is 3. The second kappa shape index (κ2) is 9.37. The first-order chi connectivity index (χ1) is 15.9. The van der Waals surface area contributed by atoms with Crippen molar-refractivity contribution in [3.05, 3.63) is 70.4 Å². The van der Waals surface area contributed by atoms with E-state index in [0.717, 1.165) is 25.6 Å². The molecule has 1 aromatic heterocycles. The Morgan fingerprint density at radius 3 is 2.85 bits per heavy atom. The fraction of sp³-hybridized carbons (Fsp3) is 0.261. The molecule has 3 aromatic rings. The van der Waals surface area contributed by atoms with Crippen LogP contribution in [0.1, 0.15) is 27.0 Å². The number of rotatable bonds is 7. The first kappa shape index (κ1) is 22.4. The van der Waals surface area contributed by atoms with Crippen molar-refractivity contribution >= 4 is 23.4 Å². The zero-order valence-corrected chi connectivity index (χ0v) is 18.3. The van der Waals surface area contributed by atoms with E-state index in [1.807, 2.05) is 12.1 Å². The largest absolute Gasteiger partial charge is 0.495 e. The van der Waals surface area contributed by atoms with E-state index < -0.39 is 17.5 Å². The van der Waals surface area contributed by atoms with Gasteiger partial charge in [-0.2, -0.15) is 4.98 Å². The van der Waals surface area contributed by atoms with Crippen LogP contribution < -0.4 is 21.1 Å². The van der Waals surface area contributed by atoms with E-state index in [9.17, 15) is 13.6 Å². The fourth-order valence-electron chi connectivity index (χ4n) is 3.74. The molecule has 0 saturated carbocycles. The average molecular weight is 454 g/mol. The number of methoxy groups -OCH3 is 1. The van der Waals surface area contributed by atoms with Gasteiger partial charge in [-0.05, 0) is 42.8 Å². The molecule has 2 aromatic carbocycles. The molecule has 172 valence electrons. The van der Waals surface area contributed by atoms with Crippen molar-refractivity contribution in [1.82, 2.24) is 14.9 Å². The molecule has 1 aliphatic heterocycles. The van der Waals surface area contributed by atoms with E-state index in [1.165, 1.54) is 29.5 Å². The van der Waals surface area contributed by atoms with E-state index in [1.54, 1.807) is 7.11 Å². The Bertz CT molecular complexity index is 1200. The van der Waals surface area contributed by atoms with Crippen molar-refractivity contribution in [3.63, 3.8) is 0 Å². The summed E-state index contributed by atoms with van der Waals surface area (Å²) in [6.45, 7) is 1.68. The topological polar surface area (TPSA) is 105 Å². The number of anilines is 3. The highest BCUT2D eigenvalue weighted by Crippen LogP contribution is 2.33. The summed E-state index contributed by atoms with van der Waals surface area (Å²) in [5.41, 5.74) is 8.60. The van der Waals surface area contributed by atoms with E-state index in [4.69, 9.17) is 10.5 Å². The van der Waals surface area contributed by atoms with Crippen LogP contribution in [-0.4, -0.2) is 41.5 Å². The number of fused-ring (bicyclic) bond motifs is 1. The highest BCUT2D eigenvalue weighted by molar-refractivity contribution is 5.97. The molecule has 0 spiro atoms. The Balaban J connectivity index is 1.62. The van der Waals surface area contributed by atoms with Crippen LogP contribution in [0.15, 0.2) is 36.5 Å². The molecule has 0 bridgehead atoms. The monoisotopic (exact) mass is 454 g/mol. The molecule has 0 unspecified atom stereocenters. The van der Waals surface area contributed by atoms with Gasteiger partial charge in [0.1, 0.15) is 11.6 Å². The third kappa shape index (κ3) is 4.85. The number of likely N-dealkylation sites (N-methyl/N-ethyl adjacent to an activating group) is 1. The van der Waals surface area contributed by atoms with Gasteiger partial charge in [-0.15, -0.1) is 0 Å². The van der Waals surface area contributed by atoms with Crippen LogP contribution >= 0.6 is 0 Å². The summed E-state index contributed by atoms with van der Waals surface area (Å²) < 4.78 is 33.1. The van der Waals surface area contributed by atoms with Crippen molar-refractivity contribution in [1.29, 1.82) is 0 Å². The number of nitrogens with two attached hydrogens (primary N) is 1. The molecule has 2 heterocycles. The summed E-state index contributed by atoms with van der Waals surface area (Å²) in [5, 5.41) is 5.97. The third-order valence-corrected chi connectivity index (χ3v) is 5.50. The van der Waals surface area contributed by atoms with Crippen molar-refractivity contribution < 1.29 is 18.3 Å². The van der Waals surface area contributed by atoms with E-state index in [-0.39, 0.29) is 29.4 Å². The Labute approximate surface area is 189 Å². The molecule has 0 aliphatic carbocycles. The number of primary amides is 1. The van der Waals surface area contributed by atoms with E-state index in [0.29, 0.717) is 11.4 Å².